The molecule has 0 saturated carbocycles. The summed E-state index contributed by atoms with van der Waals surface area (Å²) in [6.45, 7) is 5.28. The highest BCUT2D eigenvalue weighted by molar-refractivity contribution is 8.00. The molecule has 0 aromatic carbocycles. The maximum absolute atomic E-state index is 11.8. The van der Waals surface area contributed by atoms with Crippen LogP contribution in [0.4, 0.5) is 0 Å². The van der Waals surface area contributed by atoms with E-state index in [0.29, 0.717) is 11.8 Å². The van der Waals surface area contributed by atoms with Crippen molar-refractivity contribution in [1.82, 2.24) is 16.0 Å². The zero-order valence-electron chi connectivity index (χ0n) is 13.6. The molecule has 0 bridgehead atoms. The molecule has 7 heteroatoms. The lowest BCUT2D eigenvalue weighted by molar-refractivity contribution is 0.0957. The number of hydrogen-bond donors (Lipinski definition) is 3. The van der Waals surface area contributed by atoms with E-state index in [1.165, 1.54) is 29.9 Å². The predicted molar refractivity (Wildman–Crippen MR) is 101 cm³/mol. The minimum Gasteiger partial charge on any atom is -0.357 e. The Bertz CT molecular complexity index is 484. The summed E-state index contributed by atoms with van der Waals surface area (Å²) in [5, 5.41) is 12.1. The number of hydrogen-bond acceptors (Lipinski definition) is 4. The molecule has 1 aromatic heterocycles. The fourth-order valence-corrected chi connectivity index (χ4v) is 4.14. The molecule has 1 aliphatic heterocycles. The van der Waals surface area contributed by atoms with Crippen LogP contribution in [0, 0.1) is 0 Å². The Kier molecular flexibility index (Phi) is 8.31. The number of guanidine groups is 1. The summed E-state index contributed by atoms with van der Waals surface area (Å²) in [7, 11) is 0. The molecule has 1 atom stereocenters. The van der Waals surface area contributed by atoms with Gasteiger partial charge in [-0.15, -0.1) is 11.3 Å². The number of nitrogens with zero attached hydrogens (tertiary/aromatic N) is 1. The van der Waals surface area contributed by atoms with Gasteiger partial charge in [-0.2, -0.15) is 11.8 Å². The number of thioether (sulfide) groups is 1. The van der Waals surface area contributed by atoms with Gasteiger partial charge in [0.2, 0.25) is 0 Å². The summed E-state index contributed by atoms with van der Waals surface area (Å²) in [6.07, 6.45) is 3.47. The normalized spacial score (nSPS) is 18.0. The summed E-state index contributed by atoms with van der Waals surface area (Å²) in [6, 6.07) is 3.73. The smallest absolute Gasteiger partial charge is 0.261 e. The van der Waals surface area contributed by atoms with Crippen LogP contribution >= 0.6 is 23.1 Å². The van der Waals surface area contributed by atoms with Crippen molar-refractivity contribution >= 4 is 35.0 Å². The van der Waals surface area contributed by atoms with Crippen molar-refractivity contribution in [3.8, 4) is 0 Å². The van der Waals surface area contributed by atoms with Crippen molar-refractivity contribution in [2.45, 2.75) is 31.4 Å². The first kappa shape index (κ1) is 18.1. The Labute approximate surface area is 146 Å². The van der Waals surface area contributed by atoms with E-state index in [4.69, 9.17) is 0 Å². The van der Waals surface area contributed by atoms with Crippen LogP contribution in [-0.4, -0.2) is 49.0 Å². The fraction of sp³-hybridized carbons (Fsp3) is 0.625. The quantitative estimate of drug-likeness (QED) is 0.381. The van der Waals surface area contributed by atoms with Crippen LogP contribution in [0.2, 0.25) is 0 Å². The van der Waals surface area contributed by atoms with Crippen molar-refractivity contribution < 1.29 is 4.79 Å². The molecule has 128 valence electrons. The highest BCUT2D eigenvalue weighted by Crippen LogP contribution is 2.25. The highest BCUT2D eigenvalue weighted by Gasteiger charge is 2.14. The summed E-state index contributed by atoms with van der Waals surface area (Å²) < 4.78 is 0. The molecule has 2 rings (SSSR count). The van der Waals surface area contributed by atoms with Gasteiger partial charge in [-0.1, -0.05) is 6.07 Å². The zero-order chi connectivity index (χ0) is 16.3. The average Bonchev–Trinajstić information content (AvgIpc) is 3.25. The Morgan fingerprint density at radius 2 is 2.22 bits per heavy atom. The lowest BCUT2D eigenvalue weighted by Crippen LogP contribution is -2.39. The summed E-state index contributed by atoms with van der Waals surface area (Å²) in [5.74, 6) is 2.16. The monoisotopic (exact) mass is 354 g/mol. The van der Waals surface area contributed by atoms with Crippen molar-refractivity contribution in [2.24, 2.45) is 4.99 Å². The van der Waals surface area contributed by atoms with Crippen molar-refractivity contribution in [2.75, 3.05) is 31.9 Å². The van der Waals surface area contributed by atoms with Crippen molar-refractivity contribution in [3.63, 3.8) is 0 Å². The SMILES string of the molecule is CCNC(=NCC1CCCS1)NCCCNC(=O)c1cccs1. The van der Waals surface area contributed by atoms with Crippen LogP contribution in [0.5, 0.6) is 0 Å². The number of aliphatic imine (C=N–C) groups is 1. The Balaban J connectivity index is 1.61. The molecule has 0 radical (unpaired) electrons. The number of thiophene rings is 1. The first-order chi connectivity index (χ1) is 11.3. The average molecular weight is 355 g/mol. The molecule has 2 heterocycles. The second-order valence-electron chi connectivity index (χ2n) is 5.37. The molecule has 1 aromatic rings. The van der Waals surface area contributed by atoms with Gasteiger partial charge in [0.25, 0.3) is 5.91 Å². The lowest BCUT2D eigenvalue weighted by Gasteiger charge is -2.12. The van der Waals surface area contributed by atoms with Crippen LogP contribution in [0.3, 0.4) is 0 Å². The van der Waals surface area contributed by atoms with Gasteiger partial charge < -0.3 is 16.0 Å². The lowest BCUT2D eigenvalue weighted by atomic mass is 10.2. The minimum absolute atomic E-state index is 0.0128. The van der Waals surface area contributed by atoms with E-state index >= 15 is 0 Å². The number of nitrogens with one attached hydrogen (secondary N) is 3. The largest absolute Gasteiger partial charge is 0.357 e. The summed E-state index contributed by atoms with van der Waals surface area (Å²) in [5.41, 5.74) is 0. The van der Waals surface area contributed by atoms with Crippen LogP contribution < -0.4 is 16.0 Å². The topological polar surface area (TPSA) is 65.5 Å². The van der Waals surface area contributed by atoms with E-state index in [-0.39, 0.29) is 5.91 Å². The number of rotatable bonds is 8. The maximum atomic E-state index is 11.8. The second kappa shape index (κ2) is 10.5. The Morgan fingerprint density at radius 3 is 2.91 bits per heavy atom. The standard InChI is InChI=1S/C16H26N4OS2/c1-2-17-16(20-12-13-6-3-10-22-13)19-9-5-8-18-15(21)14-7-4-11-23-14/h4,7,11,13H,2-3,5-6,8-10,12H2,1H3,(H,18,21)(H2,17,19,20). The number of carbonyl (C=O) groups is 1. The van der Waals surface area contributed by atoms with Crippen LogP contribution in [0.1, 0.15) is 35.9 Å². The zero-order valence-corrected chi connectivity index (χ0v) is 15.3. The number of amides is 1. The Hall–Kier alpha value is -1.21. The highest BCUT2D eigenvalue weighted by atomic mass is 32.2. The van der Waals surface area contributed by atoms with Crippen LogP contribution in [0.25, 0.3) is 0 Å². The van der Waals surface area contributed by atoms with Gasteiger partial charge in [-0.25, -0.2) is 0 Å². The van der Waals surface area contributed by atoms with Crippen LogP contribution in [-0.2, 0) is 0 Å². The molecule has 1 fully saturated rings. The molecular weight excluding hydrogens is 328 g/mol. The van der Waals surface area contributed by atoms with E-state index in [0.717, 1.165) is 36.9 Å². The summed E-state index contributed by atoms with van der Waals surface area (Å²) >= 11 is 3.49. The molecule has 1 amide bonds. The van der Waals surface area contributed by atoms with Gasteiger partial charge in [0.1, 0.15) is 0 Å². The molecule has 3 N–H and O–H groups in total. The third kappa shape index (κ3) is 6.83. The fourth-order valence-electron chi connectivity index (χ4n) is 2.32. The third-order valence-electron chi connectivity index (χ3n) is 3.50. The van der Waals surface area contributed by atoms with Gasteiger partial charge >= 0.3 is 0 Å². The summed E-state index contributed by atoms with van der Waals surface area (Å²) in [4.78, 5) is 17.2. The van der Waals surface area contributed by atoms with E-state index < -0.39 is 0 Å². The molecule has 1 saturated heterocycles. The Morgan fingerprint density at radius 1 is 1.35 bits per heavy atom. The van der Waals surface area contributed by atoms with Gasteiger partial charge in [0, 0.05) is 24.9 Å². The van der Waals surface area contributed by atoms with Crippen molar-refractivity contribution in [3.05, 3.63) is 22.4 Å². The van der Waals surface area contributed by atoms with Gasteiger partial charge in [-0.3, -0.25) is 9.79 Å². The first-order valence-electron chi connectivity index (χ1n) is 8.25. The van der Waals surface area contributed by atoms with E-state index in [1.807, 2.05) is 29.3 Å². The third-order valence-corrected chi connectivity index (χ3v) is 5.75. The predicted octanol–water partition coefficient (Wildman–Crippen LogP) is 2.32. The van der Waals surface area contributed by atoms with E-state index in [2.05, 4.69) is 27.9 Å². The van der Waals surface area contributed by atoms with Crippen molar-refractivity contribution in [1.29, 1.82) is 0 Å². The van der Waals surface area contributed by atoms with Crippen LogP contribution in [0.15, 0.2) is 22.5 Å². The van der Waals surface area contributed by atoms with E-state index in [9.17, 15) is 4.79 Å². The second-order valence-corrected chi connectivity index (χ2v) is 7.72. The first-order valence-corrected chi connectivity index (χ1v) is 10.2. The van der Waals surface area contributed by atoms with Gasteiger partial charge in [-0.05, 0) is 43.4 Å². The van der Waals surface area contributed by atoms with Gasteiger partial charge in [0.15, 0.2) is 5.96 Å². The molecule has 1 aliphatic rings. The molecule has 0 spiro atoms. The van der Waals surface area contributed by atoms with E-state index in [1.54, 1.807) is 0 Å². The minimum atomic E-state index is 0.0128. The molecule has 1 unspecified atom stereocenters. The molecule has 23 heavy (non-hydrogen) atoms. The van der Waals surface area contributed by atoms with Gasteiger partial charge in [0.05, 0.1) is 11.4 Å². The number of carbonyl (C=O) groups excluding carboxylic acids is 1. The molecule has 0 aliphatic carbocycles. The molecule has 5 nitrogen and oxygen atoms in total. The maximum Gasteiger partial charge on any atom is 0.261 e. The molecular formula is C16H26N4OS2.